The summed E-state index contributed by atoms with van der Waals surface area (Å²) >= 11 is 0. The zero-order valence-corrected chi connectivity index (χ0v) is 12.2. The van der Waals surface area contributed by atoms with Crippen LogP contribution < -0.4 is 5.32 Å². The molecule has 1 aromatic carbocycles. The van der Waals surface area contributed by atoms with Gasteiger partial charge in [0, 0.05) is 6.54 Å². The molecule has 2 saturated carbocycles. The number of nitrogens with one attached hydrogen (secondary N) is 1. The predicted octanol–water partition coefficient (Wildman–Crippen LogP) is 2.36. The van der Waals surface area contributed by atoms with Crippen molar-refractivity contribution in [3.63, 3.8) is 0 Å². The van der Waals surface area contributed by atoms with Crippen LogP contribution >= 0.6 is 0 Å². The molecule has 0 aliphatic heterocycles. The molecule has 4 atom stereocenters. The Bertz CT molecular complexity index is 552. The van der Waals surface area contributed by atoms with Gasteiger partial charge in [0.25, 0.3) is 0 Å². The van der Waals surface area contributed by atoms with Crippen molar-refractivity contribution in [1.82, 2.24) is 5.32 Å². The van der Waals surface area contributed by atoms with Gasteiger partial charge < -0.3 is 10.4 Å². The fourth-order valence-electron chi connectivity index (χ4n) is 4.04. The van der Waals surface area contributed by atoms with Crippen LogP contribution in [0.5, 0.6) is 0 Å². The summed E-state index contributed by atoms with van der Waals surface area (Å²) in [4.78, 5) is 23.9. The number of aryl methyl sites for hydroxylation is 1. The van der Waals surface area contributed by atoms with Crippen LogP contribution in [0.1, 0.15) is 30.4 Å². The summed E-state index contributed by atoms with van der Waals surface area (Å²) in [6, 6.07) is 8.01. The van der Waals surface area contributed by atoms with Gasteiger partial charge in [-0.25, -0.2) is 0 Å². The molecule has 3 rings (SSSR count). The number of benzene rings is 1. The number of carboxylic acids is 1. The number of carbonyl (C=O) groups is 2. The molecular formula is C17H21NO3. The quantitative estimate of drug-likeness (QED) is 0.893. The zero-order valence-electron chi connectivity index (χ0n) is 12.2. The summed E-state index contributed by atoms with van der Waals surface area (Å²) in [5.41, 5.74) is 2.23. The molecule has 0 unspecified atom stereocenters. The Morgan fingerprint density at radius 3 is 2.38 bits per heavy atom. The van der Waals surface area contributed by atoms with E-state index in [1.54, 1.807) is 0 Å². The second-order valence-corrected chi connectivity index (χ2v) is 6.43. The van der Waals surface area contributed by atoms with Gasteiger partial charge in [-0.05, 0) is 43.6 Å². The van der Waals surface area contributed by atoms with E-state index in [0.717, 1.165) is 24.8 Å². The minimum atomic E-state index is -0.808. The molecule has 2 aliphatic rings. The Morgan fingerprint density at radius 2 is 1.76 bits per heavy atom. The van der Waals surface area contributed by atoms with Gasteiger partial charge in [-0.2, -0.15) is 0 Å². The van der Waals surface area contributed by atoms with E-state index in [9.17, 15) is 14.7 Å². The van der Waals surface area contributed by atoms with Crippen molar-refractivity contribution in [2.45, 2.75) is 32.7 Å². The van der Waals surface area contributed by atoms with Gasteiger partial charge in [0.15, 0.2) is 0 Å². The molecule has 4 nitrogen and oxygen atoms in total. The first-order chi connectivity index (χ1) is 10.1. The number of carbonyl (C=O) groups excluding carboxylic acids is 1. The fraction of sp³-hybridized carbons (Fsp3) is 0.529. The van der Waals surface area contributed by atoms with Crippen molar-refractivity contribution >= 4 is 11.9 Å². The topological polar surface area (TPSA) is 66.4 Å². The molecule has 4 heteroatoms. The van der Waals surface area contributed by atoms with E-state index in [-0.39, 0.29) is 23.7 Å². The van der Waals surface area contributed by atoms with Crippen LogP contribution in [-0.2, 0) is 16.1 Å². The van der Waals surface area contributed by atoms with Gasteiger partial charge >= 0.3 is 5.97 Å². The lowest BCUT2D eigenvalue weighted by Crippen LogP contribution is -2.41. The van der Waals surface area contributed by atoms with Gasteiger partial charge in [0.2, 0.25) is 5.91 Å². The number of fused-ring (bicyclic) bond motifs is 2. The average molecular weight is 287 g/mol. The SMILES string of the molecule is Cc1ccc(CNC(=O)[C@@H]2[C@@H]3CC[C@@H](C3)[C@@H]2C(=O)O)cc1. The molecule has 21 heavy (non-hydrogen) atoms. The molecule has 2 N–H and O–H groups in total. The fourth-order valence-corrected chi connectivity index (χ4v) is 4.04. The Hall–Kier alpha value is -1.84. The van der Waals surface area contributed by atoms with Crippen LogP contribution in [0, 0.1) is 30.6 Å². The normalized spacial score (nSPS) is 30.3. The second kappa shape index (κ2) is 5.51. The summed E-state index contributed by atoms with van der Waals surface area (Å²) in [6.07, 6.45) is 2.86. The van der Waals surface area contributed by atoms with Crippen LogP contribution in [0.3, 0.4) is 0 Å². The molecule has 112 valence electrons. The molecule has 0 aromatic heterocycles. The first kappa shape index (κ1) is 14.1. The molecule has 2 bridgehead atoms. The maximum Gasteiger partial charge on any atom is 0.307 e. The van der Waals surface area contributed by atoms with Crippen LogP contribution in [0.15, 0.2) is 24.3 Å². The molecule has 2 aliphatic carbocycles. The van der Waals surface area contributed by atoms with Crippen LogP contribution in [0.25, 0.3) is 0 Å². The molecule has 0 saturated heterocycles. The highest BCUT2D eigenvalue weighted by Gasteiger charge is 2.53. The highest BCUT2D eigenvalue weighted by atomic mass is 16.4. The molecule has 0 heterocycles. The summed E-state index contributed by atoms with van der Waals surface area (Å²) in [5, 5.41) is 12.3. The van der Waals surface area contributed by atoms with Crippen molar-refractivity contribution in [3.05, 3.63) is 35.4 Å². The van der Waals surface area contributed by atoms with E-state index in [1.165, 1.54) is 5.56 Å². The summed E-state index contributed by atoms with van der Waals surface area (Å²) < 4.78 is 0. The van der Waals surface area contributed by atoms with Crippen molar-refractivity contribution < 1.29 is 14.7 Å². The lowest BCUT2D eigenvalue weighted by Gasteiger charge is -2.27. The smallest absolute Gasteiger partial charge is 0.307 e. The minimum absolute atomic E-state index is 0.0878. The van der Waals surface area contributed by atoms with E-state index in [1.807, 2.05) is 31.2 Å². The molecule has 1 amide bonds. The number of hydrogen-bond acceptors (Lipinski definition) is 2. The summed E-state index contributed by atoms with van der Waals surface area (Å²) in [7, 11) is 0. The number of carboxylic acid groups (broad SMARTS) is 1. The monoisotopic (exact) mass is 287 g/mol. The Labute approximate surface area is 124 Å². The maximum absolute atomic E-state index is 12.4. The summed E-state index contributed by atoms with van der Waals surface area (Å²) in [6.45, 7) is 2.49. The highest BCUT2D eigenvalue weighted by Crippen LogP contribution is 2.52. The average Bonchev–Trinajstić information content (AvgIpc) is 3.06. The molecule has 0 spiro atoms. The van der Waals surface area contributed by atoms with Gasteiger partial charge in [-0.3, -0.25) is 9.59 Å². The van der Waals surface area contributed by atoms with Gasteiger partial charge in [-0.15, -0.1) is 0 Å². The number of rotatable bonds is 4. The zero-order chi connectivity index (χ0) is 15.0. The third-order valence-electron chi connectivity index (χ3n) is 5.09. The molecule has 1 aromatic rings. The lowest BCUT2D eigenvalue weighted by molar-refractivity contribution is -0.149. The number of hydrogen-bond donors (Lipinski definition) is 2. The van der Waals surface area contributed by atoms with Crippen molar-refractivity contribution in [3.8, 4) is 0 Å². The Balaban J connectivity index is 1.64. The number of aliphatic carboxylic acids is 1. The van der Waals surface area contributed by atoms with E-state index in [2.05, 4.69) is 5.32 Å². The first-order valence-corrected chi connectivity index (χ1v) is 7.62. The Morgan fingerprint density at radius 1 is 1.14 bits per heavy atom. The van der Waals surface area contributed by atoms with Gasteiger partial charge in [-0.1, -0.05) is 29.8 Å². The molecular weight excluding hydrogens is 266 g/mol. The maximum atomic E-state index is 12.4. The third-order valence-corrected chi connectivity index (χ3v) is 5.09. The molecule has 2 fully saturated rings. The van der Waals surface area contributed by atoms with Gasteiger partial charge in [0.05, 0.1) is 11.8 Å². The van der Waals surface area contributed by atoms with Crippen molar-refractivity contribution in [1.29, 1.82) is 0 Å². The van der Waals surface area contributed by atoms with E-state index < -0.39 is 11.9 Å². The van der Waals surface area contributed by atoms with Crippen LogP contribution in [-0.4, -0.2) is 17.0 Å². The van der Waals surface area contributed by atoms with Gasteiger partial charge in [0.1, 0.15) is 0 Å². The van der Waals surface area contributed by atoms with Crippen LogP contribution in [0.4, 0.5) is 0 Å². The standard InChI is InChI=1S/C17H21NO3/c1-10-2-4-11(5-3-10)9-18-16(19)14-12-6-7-13(8-12)15(14)17(20)21/h2-5,12-15H,6-9H2,1H3,(H,18,19)(H,20,21)/t12-,13+,14-,15+/m1/s1. The highest BCUT2D eigenvalue weighted by molar-refractivity contribution is 5.86. The van der Waals surface area contributed by atoms with E-state index in [4.69, 9.17) is 0 Å². The predicted molar refractivity (Wildman–Crippen MR) is 78.5 cm³/mol. The third kappa shape index (κ3) is 2.67. The summed E-state index contributed by atoms with van der Waals surface area (Å²) in [5.74, 6) is -1.27. The minimum Gasteiger partial charge on any atom is -0.481 e. The largest absolute Gasteiger partial charge is 0.481 e. The van der Waals surface area contributed by atoms with E-state index in [0.29, 0.717) is 6.54 Å². The molecule has 0 radical (unpaired) electrons. The van der Waals surface area contributed by atoms with E-state index >= 15 is 0 Å². The Kier molecular flexibility index (Phi) is 3.70. The first-order valence-electron chi connectivity index (χ1n) is 7.62. The van der Waals surface area contributed by atoms with Crippen molar-refractivity contribution in [2.75, 3.05) is 0 Å². The number of amides is 1. The van der Waals surface area contributed by atoms with Crippen LogP contribution in [0.2, 0.25) is 0 Å². The lowest BCUT2D eigenvalue weighted by atomic mass is 9.78. The van der Waals surface area contributed by atoms with Crippen molar-refractivity contribution in [2.24, 2.45) is 23.7 Å². The second-order valence-electron chi connectivity index (χ2n) is 6.43.